The van der Waals surface area contributed by atoms with E-state index in [1.54, 1.807) is 6.08 Å². The minimum absolute atomic E-state index is 0.210. The molecule has 0 saturated carbocycles. The highest BCUT2D eigenvalue weighted by Gasteiger charge is 2.44. The minimum Gasteiger partial charge on any atom is -0.394 e. The van der Waals surface area contributed by atoms with Crippen molar-refractivity contribution in [3.63, 3.8) is 0 Å². The van der Waals surface area contributed by atoms with Gasteiger partial charge >= 0.3 is 0 Å². The highest BCUT2D eigenvalue weighted by molar-refractivity contribution is 5.76. The van der Waals surface area contributed by atoms with Gasteiger partial charge in [-0.2, -0.15) is 0 Å². The summed E-state index contributed by atoms with van der Waals surface area (Å²) in [4.78, 5) is 13.0. The molecule has 0 radical (unpaired) electrons. The van der Waals surface area contributed by atoms with E-state index in [9.17, 15) is 30.3 Å². The van der Waals surface area contributed by atoms with Crippen LogP contribution in [0.3, 0.4) is 0 Å². The van der Waals surface area contributed by atoms with E-state index in [2.05, 4.69) is 165 Å². The molecule has 1 saturated heterocycles. The summed E-state index contributed by atoms with van der Waals surface area (Å²) in [6.07, 6.45) is 74.6. The van der Waals surface area contributed by atoms with E-state index in [4.69, 9.17) is 9.47 Å². The third kappa shape index (κ3) is 40.8. The van der Waals surface area contributed by atoms with E-state index in [1.165, 1.54) is 25.7 Å². The molecule has 1 aliphatic rings. The molecular weight excluding hydrogens is 911 g/mol. The zero-order valence-corrected chi connectivity index (χ0v) is 45.3. The number of nitrogens with one attached hydrogen (secondary N) is 1. The largest absolute Gasteiger partial charge is 0.394 e. The van der Waals surface area contributed by atoms with Crippen LogP contribution in [0.1, 0.15) is 181 Å². The van der Waals surface area contributed by atoms with Crippen molar-refractivity contribution >= 4 is 5.91 Å². The molecule has 0 aliphatic carbocycles. The number of aliphatic hydroxyl groups excluding tert-OH is 5. The second-order valence-electron chi connectivity index (χ2n) is 18.6. The van der Waals surface area contributed by atoms with Gasteiger partial charge in [0, 0.05) is 6.42 Å². The Balaban J connectivity index is 2.17. The maximum Gasteiger partial charge on any atom is 0.220 e. The summed E-state index contributed by atoms with van der Waals surface area (Å²) in [7, 11) is 0. The molecule has 0 aromatic rings. The number of carbonyl (C=O) groups excluding carboxylic acids is 1. The summed E-state index contributed by atoms with van der Waals surface area (Å²) >= 11 is 0. The van der Waals surface area contributed by atoms with Gasteiger partial charge in [-0.3, -0.25) is 4.79 Å². The number of hydrogen-bond acceptors (Lipinski definition) is 8. The predicted molar refractivity (Wildman–Crippen MR) is 308 cm³/mol. The lowest BCUT2D eigenvalue weighted by Gasteiger charge is -2.40. The van der Waals surface area contributed by atoms with Gasteiger partial charge in [0.05, 0.1) is 25.4 Å². The van der Waals surface area contributed by atoms with E-state index in [1.807, 2.05) is 6.08 Å². The Hall–Kier alpha value is -4.19. The van der Waals surface area contributed by atoms with Crippen LogP contribution in [0.4, 0.5) is 0 Å². The number of ether oxygens (including phenoxy) is 2. The lowest BCUT2D eigenvalue weighted by Crippen LogP contribution is -2.60. The van der Waals surface area contributed by atoms with Gasteiger partial charge in [0.1, 0.15) is 24.4 Å². The molecular formula is C64H101NO8. The predicted octanol–water partition coefficient (Wildman–Crippen LogP) is 14.1. The summed E-state index contributed by atoms with van der Waals surface area (Å²) in [5, 5.41) is 54.2. The average Bonchev–Trinajstić information content (AvgIpc) is 3.39. The molecule has 0 aromatic carbocycles. The quantitative estimate of drug-likeness (QED) is 0.0261. The van der Waals surface area contributed by atoms with E-state index in [-0.39, 0.29) is 12.5 Å². The fourth-order valence-electron chi connectivity index (χ4n) is 7.63. The van der Waals surface area contributed by atoms with Crippen molar-refractivity contribution in [2.45, 2.75) is 224 Å². The summed E-state index contributed by atoms with van der Waals surface area (Å²) < 4.78 is 11.2. The van der Waals surface area contributed by atoms with Gasteiger partial charge in [-0.15, -0.1) is 0 Å². The Bertz CT molecular complexity index is 1690. The Labute approximate surface area is 444 Å². The van der Waals surface area contributed by atoms with E-state index in [0.717, 1.165) is 128 Å². The second-order valence-corrected chi connectivity index (χ2v) is 18.6. The van der Waals surface area contributed by atoms with Crippen molar-refractivity contribution in [3.05, 3.63) is 158 Å². The Kier molecular flexibility index (Phi) is 47.0. The maximum atomic E-state index is 13.0. The van der Waals surface area contributed by atoms with E-state index in [0.29, 0.717) is 12.8 Å². The smallest absolute Gasteiger partial charge is 0.220 e. The molecule has 410 valence electrons. The maximum absolute atomic E-state index is 13.0. The van der Waals surface area contributed by atoms with Crippen LogP contribution < -0.4 is 5.32 Å². The molecule has 6 N–H and O–H groups in total. The number of rotatable bonds is 45. The summed E-state index contributed by atoms with van der Waals surface area (Å²) in [5.74, 6) is -0.210. The topological polar surface area (TPSA) is 149 Å². The van der Waals surface area contributed by atoms with Gasteiger partial charge in [0.2, 0.25) is 5.91 Å². The molecule has 1 amide bonds. The molecule has 9 nitrogen and oxygen atoms in total. The van der Waals surface area contributed by atoms with Crippen molar-refractivity contribution in [1.29, 1.82) is 0 Å². The zero-order valence-electron chi connectivity index (χ0n) is 45.3. The van der Waals surface area contributed by atoms with Gasteiger partial charge in [-0.1, -0.05) is 217 Å². The normalized spacial score (nSPS) is 20.3. The average molecular weight is 1010 g/mol. The summed E-state index contributed by atoms with van der Waals surface area (Å²) in [6.45, 7) is 3.53. The molecule has 0 aromatic heterocycles. The second kappa shape index (κ2) is 51.3. The highest BCUT2D eigenvalue weighted by Crippen LogP contribution is 2.22. The Morgan fingerprint density at radius 2 is 0.863 bits per heavy atom. The van der Waals surface area contributed by atoms with Gasteiger partial charge in [0.25, 0.3) is 0 Å². The standard InChI is InChI=1S/C64H101NO8/c1-3-5-7-9-11-13-15-16-17-18-19-20-21-22-23-24-25-26-27-28-29-30-31-32-33-34-35-36-37-38-39-40-41-42-44-46-48-50-52-54-60(68)65-57(56-72-64-63(71)62(70)61(69)59(55-66)73-64)58(67)53-51-49-47-45-43-14-12-10-8-6-4-2/h5,7-8,10-11,13,16-17,19-20,22-23,25-26,28-29,31-32,34-35,37-38,43,45,51,53,57-59,61-64,66-67,69-71H,3-4,6,9,12,14-15,18,21,24,27,30,33,36,39-42,44,46-50,52,54-56H2,1-2H3,(H,65,68)/b7-5-,10-8+,13-11-,17-16-,20-19-,23-22-,26-25-,29-28-,32-31-,35-34-,38-37-,45-43+,53-51+. The highest BCUT2D eigenvalue weighted by atomic mass is 16.7. The molecule has 1 fully saturated rings. The van der Waals surface area contributed by atoms with Crippen LogP contribution in [-0.4, -0.2) is 87.5 Å². The first-order valence-electron chi connectivity index (χ1n) is 28.2. The van der Waals surface area contributed by atoms with Crippen molar-refractivity contribution in [2.24, 2.45) is 0 Å². The van der Waals surface area contributed by atoms with Crippen LogP contribution >= 0.6 is 0 Å². The first kappa shape index (κ1) is 66.8. The van der Waals surface area contributed by atoms with Gasteiger partial charge in [-0.25, -0.2) is 0 Å². The number of unbranched alkanes of at least 4 members (excludes halogenated alkanes) is 11. The molecule has 9 heteroatoms. The van der Waals surface area contributed by atoms with Crippen molar-refractivity contribution in [2.75, 3.05) is 13.2 Å². The van der Waals surface area contributed by atoms with E-state index >= 15 is 0 Å². The lowest BCUT2D eigenvalue weighted by atomic mass is 9.99. The van der Waals surface area contributed by atoms with Crippen LogP contribution in [0.15, 0.2) is 158 Å². The minimum atomic E-state index is -1.58. The van der Waals surface area contributed by atoms with Crippen molar-refractivity contribution in [1.82, 2.24) is 5.32 Å². The number of carbonyl (C=O) groups is 1. The SMILES string of the molecule is CC/C=C\C/C=C\C/C=C\C/C=C\C/C=C\C/C=C\C/C=C\C/C=C\C/C=C\C/C=C\CCCCCCCCCCC(=O)NC(COC1OC(CO)C(O)C(O)C1O)C(O)/C=C/CC/C=C/CC/C=C/CCC. The van der Waals surface area contributed by atoms with Crippen molar-refractivity contribution in [3.8, 4) is 0 Å². The molecule has 1 aliphatic heterocycles. The van der Waals surface area contributed by atoms with Crippen LogP contribution in [0, 0.1) is 0 Å². The van der Waals surface area contributed by atoms with Gasteiger partial charge in [-0.05, 0) is 116 Å². The molecule has 73 heavy (non-hydrogen) atoms. The monoisotopic (exact) mass is 1010 g/mol. The summed E-state index contributed by atoms with van der Waals surface area (Å²) in [6, 6.07) is -0.843. The molecule has 7 atom stereocenters. The Morgan fingerprint density at radius 3 is 1.30 bits per heavy atom. The van der Waals surface area contributed by atoms with Crippen molar-refractivity contribution < 1.29 is 39.8 Å². The number of aliphatic hydroxyl groups is 5. The van der Waals surface area contributed by atoms with Crippen LogP contribution in [0.25, 0.3) is 0 Å². The van der Waals surface area contributed by atoms with E-state index < -0.39 is 49.5 Å². The molecule has 1 heterocycles. The third-order valence-electron chi connectivity index (χ3n) is 12.0. The number of allylic oxidation sites excluding steroid dienone is 25. The summed E-state index contributed by atoms with van der Waals surface area (Å²) in [5.41, 5.74) is 0. The zero-order chi connectivity index (χ0) is 52.9. The van der Waals surface area contributed by atoms with Gasteiger partial charge in [0.15, 0.2) is 6.29 Å². The molecule has 0 bridgehead atoms. The van der Waals surface area contributed by atoms with Gasteiger partial charge < -0.3 is 40.3 Å². The Morgan fingerprint density at radius 1 is 0.479 bits per heavy atom. The van der Waals surface area contributed by atoms with Crippen LogP contribution in [-0.2, 0) is 14.3 Å². The number of hydrogen-bond donors (Lipinski definition) is 6. The van der Waals surface area contributed by atoms with Crippen LogP contribution in [0.2, 0.25) is 0 Å². The molecule has 1 rings (SSSR count). The molecule has 7 unspecified atom stereocenters. The number of amides is 1. The molecule has 0 spiro atoms. The first-order chi connectivity index (χ1) is 35.8. The first-order valence-corrected chi connectivity index (χ1v) is 28.2. The fourth-order valence-corrected chi connectivity index (χ4v) is 7.63. The third-order valence-corrected chi connectivity index (χ3v) is 12.0. The van der Waals surface area contributed by atoms with Crippen LogP contribution in [0.5, 0.6) is 0 Å². The lowest BCUT2D eigenvalue weighted by molar-refractivity contribution is -0.302. The fraction of sp³-hybridized carbons (Fsp3) is 0.578.